The highest BCUT2D eigenvalue weighted by Crippen LogP contribution is 2.14. The molecule has 1 atom stereocenters. The number of benzene rings is 1. The van der Waals surface area contributed by atoms with Crippen LogP contribution < -0.4 is 10.6 Å². The van der Waals surface area contributed by atoms with Gasteiger partial charge < -0.3 is 15.5 Å². The van der Waals surface area contributed by atoms with Crippen LogP contribution in [-0.4, -0.2) is 42.5 Å². The van der Waals surface area contributed by atoms with Gasteiger partial charge in [0.1, 0.15) is 0 Å². The lowest BCUT2D eigenvalue weighted by molar-refractivity contribution is -0.130. The third-order valence-corrected chi connectivity index (χ3v) is 4.66. The molecule has 1 aromatic rings. The number of hydrogen-bond donors (Lipinski definition) is 2. The molecule has 0 aromatic heterocycles. The summed E-state index contributed by atoms with van der Waals surface area (Å²) in [6.45, 7) is 6.52. The Balaban J connectivity index is 1.69. The quantitative estimate of drug-likeness (QED) is 0.798. The van der Waals surface area contributed by atoms with E-state index in [1.165, 1.54) is 5.56 Å². The summed E-state index contributed by atoms with van der Waals surface area (Å²) in [6.07, 6.45) is 3.93. The minimum atomic E-state index is -0.135. The molecule has 5 heteroatoms. The van der Waals surface area contributed by atoms with Gasteiger partial charge >= 0.3 is 6.03 Å². The Labute approximate surface area is 151 Å². The Bertz CT molecular complexity index is 545. The molecule has 3 amide bonds. The van der Waals surface area contributed by atoms with Crippen LogP contribution in [0.4, 0.5) is 4.79 Å². The molecule has 0 saturated carbocycles. The Kier molecular flexibility index (Phi) is 7.76. The van der Waals surface area contributed by atoms with Crippen molar-refractivity contribution in [3.05, 3.63) is 35.9 Å². The molecule has 1 unspecified atom stereocenters. The SMILES string of the molecule is CC(C)CCN1CCC(NC(=O)NCCc2ccccc2)CCC1=O. The Morgan fingerprint density at radius 1 is 1.24 bits per heavy atom. The van der Waals surface area contributed by atoms with Crippen LogP contribution in [0.2, 0.25) is 0 Å². The molecule has 1 fully saturated rings. The van der Waals surface area contributed by atoms with Gasteiger partial charge in [-0.15, -0.1) is 0 Å². The summed E-state index contributed by atoms with van der Waals surface area (Å²) in [5, 5.41) is 5.93. The van der Waals surface area contributed by atoms with Gasteiger partial charge in [-0.3, -0.25) is 4.79 Å². The number of carbonyl (C=O) groups is 2. The van der Waals surface area contributed by atoms with Crippen LogP contribution >= 0.6 is 0 Å². The number of likely N-dealkylation sites (tertiary alicyclic amines) is 1. The Morgan fingerprint density at radius 3 is 2.72 bits per heavy atom. The van der Waals surface area contributed by atoms with Crippen LogP contribution in [0.1, 0.15) is 45.1 Å². The van der Waals surface area contributed by atoms with Crippen molar-refractivity contribution in [3.8, 4) is 0 Å². The van der Waals surface area contributed by atoms with Gasteiger partial charge in [0.25, 0.3) is 0 Å². The summed E-state index contributed by atoms with van der Waals surface area (Å²) in [5.74, 6) is 0.815. The lowest BCUT2D eigenvalue weighted by atomic mass is 10.1. The van der Waals surface area contributed by atoms with E-state index < -0.39 is 0 Å². The van der Waals surface area contributed by atoms with Crippen molar-refractivity contribution in [1.29, 1.82) is 0 Å². The van der Waals surface area contributed by atoms with E-state index in [2.05, 4.69) is 36.6 Å². The molecule has 0 aliphatic carbocycles. The third-order valence-electron chi connectivity index (χ3n) is 4.66. The smallest absolute Gasteiger partial charge is 0.315 e. The van der Waals surface area contributed by atoms with E-state index in [1.54, 1.807) is 0 Å². The highest BCUT2D eigenvalue weighted by molar-refractivity contribution is 5.77. The molecule has 0 spiro atoms. The predicted molar refractivity (Wildman–Crippen MR) is 100 cm³/mol. The topological polar surface area (TPSA) is 61.4 Å². The van der Waals surface area contributed by atoms with Gasteiger partial charge in [0, 0.05) is 32.1 Å². The summed E-state index contributed by atoms with van der Waals surface area (Å²) < 4.78 is 0. The van der Waals surface area contributed by atoms with Crippen LogP contribution in [0, 0.1) is 5.92 Å². The van der Waals surface area contributed by atoms with Gasteiger partial charge in [0.2, 0.25) is 5.91 Å². The number of nitrogens with zero attached hydrogens (tertiary/aromatic N) is 1. The summed E-state index contributed by atoms with van der Waals surface area (Å²) in [6, 6.07) is 10.0. The van der Waals surface area contributed by atoms with E-state index in [4.69, 9.17) is 0 Å². The Morgan fingerprint density at radius 2 is 2.00 bits per heavy atom. The largest absolute Gasteiger partial charge is 0.343 e. The van der Waals surface area contributed by atoms with E-state index in [0.717, 1.165) is 38.8 Å². The molecule has 1 heterocycles. The van der Waals surface area contributed by atoms with Crippen LogP contribution in [0.5, 0.6) is 0 Å². The molecule has 0 radical (unpaired) electrons. The van der Waals surface area contributed by atoms with E-state index in [1.807, 2.05) is 23.1 Å². The molecule has 0 bridgehead atoms. The first-order valence-corrected chi connectivity index (χ1v) is 9.40. The molecule has 138 valence electrons. The first-order valence-electron chi connectivity index (χ1n) is 9.40. The van der Waals surface area contributed by atoms with Crippen LogP contribution in [0.15, 0.2) is 30.3 Å². The molecule has 2 rings (SSSR count). The van der Waals surface area contributed by atoms with E-state index in [9.17, 15) is 9.59 Å². The third kappa shape index (κ3) is 7.16. The number of hydrogen-bond acceptors (Lipinski definition) is 2. The molecule has 2 N–H and O–H groups in total. The highest BCUT2D eigenvalue weighted by atomic mass is 16.2. The second-order valence-electron chi connectivity index (χ2n) is 7.22. The number of rotatable bonds is 7. The molecule has 25 heavy (non-hydrogen) atoms. The van der Waals surface area contributed by atoms with Gasteiger partial charge in [-0.2, -0.15) is 0 Å². The fourth-order valence-corrected chi connectivity index (χ4v) is 3.03. The fourth-order valence-electron chi connectivity index (χ4n) is 3.03. The van der Waals surface area contributed by atoms with E-state index >= 15 is 0 Å². The van der Waals surface area contributed by atoms with Crippen LogP contribution in [-0.2, 0) is 11.2 Å². The molecule has 5 nitrogen and oxygen atoms in total. The molecular weight excluding hydrogens is 314 g/mol. The summed E-state index contributed by atoms with van der Waals surface area (Å²) >= 11 is 0. The van der Waals surface area contributed by atoms with Crippen molar-refractivity contribution in [2.24, 2.45) is 5.92 Å². The van der Waals surface area contributed by atoms with Crippen molar-refractivity contribution in [1.82, 2.24) is 15.5 Å². The summed E-state index contributed by atoms with van der Waals surface area (Å²) in [5.41, 5.74) is 1.21. The Hall–Kier alpha value is -2.04. The molecule has 1 saturated heterocycles. The number of urea groups is 1. The minimum Gasteiger partial charge on any atom is -0.343 e. The van der Waals surface area contributed by atoms with Gasteiger partial charge in [0.05, 0.1) is 0 Å². The second-order valence-corrected chi connectivity index (χ2v) is 7.22. The monoisotopic (exact) mass is 345 g/mol. The van der Waals surface area contributed by atoms with Crippen molar-refractivity contribution in [2.75, 3.05) is 19.6 Å². The van der Waals surface area contributed by atoms with E-state index in [-0.39, 0.29) is 18.0 Å². The van der Waals surface area contributed by atoms with Crippen molar-refractivity contribution in [2.45, 2.75) is 52.0 Å². The van der Waals surface area contributed by atoms with Crippen molar-refractivity contribution in [3.63, 3.8) is 0 Å². The normalized spacial score (nSPS) is 18.1. The summed E-state index contributed by atoms with van der Waals surface area (Å²) in [4.78, 5) is 26.2. The molecule has 1 aromatic carbocycles. The standard InChI is InChI=1S/C20H31N3O2/c1-16(2)11-14-23-15-12-18(8-9-19(23)24)22-20(25)21-13-10-17-6-4-3-5-7-17/h3-7,16,18H,8-15H2,1-2H3,(H2,21,22,25). The average Bonchev–Trinajstić information content (AvgIpc) is 2.76. The maximum atomic E-state index is 12.2. The van der Waals surface area contributed by atoms with Gasteiger partial charge in [-0.05, 0) is 37.2 Å². The van der Waals surface area contributed by atoms with Crippen LogP contribution in [0.3, 0.4) is 0 Å². The zero-order valence-electron chi connectivity index (χ0n) is 15.5. The maximum Gasteiger partial charge on any atom is 0.315 e. The van der Waals surface area contributed by atoms with Crippen molar-refractivity contribution >= 4 is 11.9 Å². The van der Waals surface area contributed by atoms with Gasteiger partial charge in [0.15, 0.2) is 0 Å². The zero-order chi connectivity index (χ0) is 18.1. The zero-order valence-corrected chi connectivity index (χ0v) is 15.5. The van der Waals surface area contributed by atoms with Crippen LogP contribution in [0.25, 0.3) is 0 Å². The fraction of sp³-hybridized carbons (Fsp3) is 0.600. The second kappa shape index (κ2) is 10.1. The first-order chi connectivity index (χ1) is 12.0. The lowest BCUT2D eigenvalue weighted by Crippen LogP contribution is -2.43. The maximum absolute atomic E-state index is 12.2. The number of nitrogens with one attached hydrogen (secondary N) is 2. The highest BCUT2D eigenvalue weighted by Gasteiger charge is 2.23. The minimum absolute atomic E-state index is 0.0738. The van der Waals surface area contributed by atoms with Gasteiger partial charge in [-0.25, -0.2) is 4.79 Å². The molecule has 1 aliphatic heterocycles. The first kappa shape index (κ1) is 19.3. The molecule has 1 aliphatic rings. The van der Waals surface area contributed by atoms with Gasteiger partial charge in [-0.1, -0.05) is 44.2 Å². The molecular formula is C20H31N3O2. The van der Waals surface area contributed by atoms with E-state index in [0.29, 0.717) is 18.9 Å². The van der Waals surface area contributed by atoms with Crippen molar-refractivity contribution < 1.29 is 9.59 Å². The summed E-state index contributed by atoms with van der Waals surface area (Å²) in [7, 11) is 0. The number of amides is 3. The predicted octanol–water partition coefficient (Wildman–Crippen LogP) is 2.96. The average molecular weight is 345 g/mol. The lowest BCUT2D eigenvalue weighted by Gasteiger charge is -2.22. The number of carbonyl (C=O) groups excluding carboxylic acids is 2.